The first kappa shape index (κ1) is 8.99. The summed E-state index contributed by atoms with van der Waals surface area (Å²) >= 11 is 1.72. The second-order valence-corrected chi connectivity index (χ2v) is 4.00. The molecule has 3 nitrogen and oxygen atoms in total. The van der Waals surface area contributed by atoms with Gasteiger partial charge in [0.2, 0.25) is 0 Å². The van der Waals surface area contributed by atoms with Crippen LogP contribution in [0.4, 0.5) is 5.00 Å². The number of anilines is 1. The quantitative estimate of drug-likeness (QED) is 0.764. The van der Waals surface area contributed by atoms with Gasteiger partial charge < -0.3 is 15.4 Å². The molecule has 2 rings (SSSR count). The van der Waals surface area contributed by atoms with Crippen LogP contribution in [0.3, 0.4) is 0 Å². The van der Waals surface area contributed by atoms with Crippen LogP contribution in [-0.2, 0) is 4.74 Å². The highest BCUT2D eigenvalue weighted by Gasteiger charge is 2.12. The molecule has 0 spiro atoms. The van der Waals surface area contributed by atoms with Crippen molar-refractivity contribution >= 4 is 16.3 Å². The molecule has 1 aromatic heterocycles. The van der Waals surface area contributed by atoms with Crippen LogP contribution in [0.2, 0.25) is 0 Å². The molecule has 1 aliphatic rings. The lowest BCUT2D eigenvalue weighted by Crippen LogP contribution is -2.42. The molecule has 0 bridgehead atoms. The summed E-state index contributed by atoms with van der Waals surface area (Å²) in [6, 6.07) is 4.13. The highest BCUT2D eigenvalue weighted by molar-refractivity contribution is 7.14. The van der Waals surface area contributed by atoms with E-state index in [9.17, 15) is 0 Å². The van der Waals surface area contributed by atoms with Crippen LogP contribution in [0.5, 0.6) is 0 Å². The Morgan fingerprint density at radius 1 is 1.69 bits per heavy atom. The van der Waals surface area contributed by atoms with Gasteiger partial charge in [0.1, 0.15) is 0 Å². The predicted octanol–water partition coefficient (Wildman–Crippen LogP) is 1.15. The molecule has 0 aliphatic carbocycles. The van der Waals surface area contributed by atoms with E-state index < -0.39 is 0 Å². The SMILES string of the molecule is c1csc(NCC2CNCCO2)c1. The van der Waals surface area contributed by atoms with E-state index in [1.807, 2.05) is 6.07 Å². The van der Waals surface area contributed by atoms with E-state index in [2.05, 4.69) is 22.1 Å². The van der Waals surface area contributed by atoms with E-state index in [0.29, 0.717) is 6.10 Å². The Morgan fingerprint density at radius 2 is 2.69 bits per heavy atom. The van der Waals surface area contributed by atoms with Gasteiger partial charge in [0.25, 0.3) is 0 Å². The van der Waals surface area contributed by atoms with E-state index in [4.69, 9.17) is 4.74 Å². The second kappa shape index (κ2) is 4.60. The molecule has 1 saturated heterocycles. The third-order valence-corrected chi connectivity index (χ3v) is 2.86. The largest absolute Gasteiger partial charge is 0.374 e. The lowest BCUT2D eigenvalue weighted by Gasteiger charge is -2.23. The fraction of sp³-hybridized carbons (Fsp3) is 0.556. The van der Waals surface area contributed by atoms with Crippen molar-refractivity contribution in [2.75, 3.05) is 31.6 Å². The van der Waals surface area contributed by atoms with Crippen molar-refractivity contribution in [1.82, 2.24) is 5.32 Å². The number of morpholine rings is 1. The van der Waals surface area contributed by atoms with Crippen molar-refractivity contribution in [3.8, 4) is 0 Å². The van der Waals surface area contributed by atoms with Gasteiger partial charge in [-0.25, -0.2) is 0 Å². The number of thiophene rings is 1. The normalized spacial score (nSPS) is 22.9. The van der Waals surface area contributed by atoms with Crippen molar-refractivity contribution in [1.29, 1.82) is 0 Å². The van der Waals surface area contributed by atoms with Crippen LogP contribution in [0.15, 0.2) is 17.5 Å². The highest BCUT2D eigenvalue weighted by atomic mass is 32.1. The zero-order valence-electron chi connectivity index (χ0n) is 7.45. The summed E-state index contributed by atoms with van der Waals surface area (Å²) in [6.07, 6.45) is 0.316. The highest BCUT2D eigenvalue weighted by Crippen LogP contribution is 2.14. The Labute approximate surface area is 82.1 Å². The zero-order valence-corrected chi connectivity index (χ0v) is 8.27. The zero-order chi connectivity index (χ0) is 8.93. The first-order chi connectivity index (χ1) is 6.45. The summed E-state index contributed by atoms with van der Waals surface area (Å²) in [7, 11) is 0. The molecule has 1 atom stereocenters. The Hall–Kier alpha value is -0.580. The van der Waals surface area contributed by atoms with E-state index >= 15 is 0 Å². The van der Waals surface area contributed by atoms with Gasteiger partial charge in [0.05, 0.1) is 17.7 Å². The summed E-state index contributed by atoms with van der Waals surface area (Å²) in [4.78, 5) is 0. The minimum Gasteiger partial charge on any atom is -0.374 e. The van der Waals surface area contributed by atoms with E-state index in [0.717, 1.165) is 26.2 Å². The maximum Gasteiger partial charge on any atom is 0.0883 e. The van der Waals surface area contributed by atoms with Crippen molar-refractivity contribution in [3.05, 3.63) is 17.5 Å². The average molecular weight is 198 g/mol. The van der Waals surface area contributed by atoms with Crippen LogP contribution >= 0.6 is 11.3 Å². The second-order valence-electron chi connectivity index (χ2n) is 3.06. The maximum absolute atomic E-state index is 5.56. The minimum absolute atomic E-state index is 0.316. The molecule has 1 aliphatic heterocycles. The third-order valence-electron chi connectivity index (χ3n) is 2.03. The molecule has 0 saturated carbocycles. The van der Waals surface area contributed by atoms with E-state index in [-0.39, 0.29) is 0 Å². The van der Waals surface area contributed by atoms with Crippen LogP contribution in [0.25, 0.3) is 0 Å². The summed E-state index contributed by atoms with van der Waals surface area (Å²) in [5.41, 5.74) is 0. The fourth-order valence-corrected chi connectivity index (χ4v) is 1.97. The average Bonchev–Trinajstić information content (AvgIpc) is 2.69. The number of ether oxygens (including phenoxy) is 1. The van der Waals surface area contributed by atoms with E-state index in [1.165, 1.54) is 5.00 Å². The van der Waals surface area contributed by atoms with Crippen LogP contribution in [-0.4, -0.2) is 32.3 Å². The molecule has 0 amide bonds. The third kappa shape index (κ3) is 2.69. The molecule has 72 valence electrons. The molecule has 4 heteroatoms. The molecule has 1 aromatic rings. The molecule has 0 radical (unpaired) electrons. The van der Waals surface area contributed by atoms with Gasteiger partial charge in [-0.2, -0.15) is 0 Å². The molecule has 2 heterocycles. The Morgan fingerprint density at radius 3 is 3.38 bits per heavy atom. The number of hydrogen-bond donors (Lipinski definition) is 2. The molecule has 13 heavy (non-hydrogen) atoms. The Balaban J connectivity index is 1.72. The Kier molecular flexibility index (Phi) is 3.18. The van der Waals surface area contributed by atoms with Crippen LogP contribution in [0, 0.1) is 0 Å². The Bertz CT molecular complexity index is 232. The van der Waals surface area contributed by atoms with Gasteiger partial charge in [-0.15, -0.1) is 11.3 Å². The molecule has 1 fully saturated rings. The first-order valence-electron chi connectivity index (χ1n) is 4.55. The summed E-state index contributed by atoms with van der Waals surface area (Å²) in [5.74, 6) is 0. The van der Waals surface area contributed by atoms with Crippen LogP contribution < -0.4 is 10.6 Å². The maximum atomic E-state index is 5.56. The fourth-order valence-electron chi connectivity index (χ4n) is 1.34. The lowest BCUT2D eigenvalue weighted by atomic mass is 10.3. The van der Waals surface area contributed by atoms with Gasteiger partial charge in [-0.1, -0.05) is 0 Å². The molecular weight excluding hydrogens is 184 g/mol. The number of rotatable bonds is 3. The first-order valence-corrected chi connectivity index (χ1v) is 5.43. The van der Waals surface area contributed by atoms with Crippen molar-refractivity contribution < 1.29 is 4.74 Å². The summed E-state index contributed by atoms with van der Waals surface area (Å²) in [6.45, 7) is 3.66. The minimum atomic E-state index is 0.316. The molecule has 1 unspecified atom stereocenters. The predicted molar refractivity (Wildman–Crippen MR) is 55.4 cm³/mol. The summed E-state index contributed by atoms with van der Waals surface area (Å²) in [5, 5.41) is 9.94. The smallest absolute Gasteiger partial charge is 0.0883 e. The monoisotopic (exact) mass is 198 g/mol. The summed E-state index contributed by atoms with van der Waals surface area (Å²) < 4.78 is 5.56. The molecular formula is C9H14N2OS. The van der Waals surface area contributed by atoms with Gasteiger partial charge in [-0.05, 0) is 17.5 Å². The van der Waals surface area contributed by atoms with Gasteiger partial charge in [0.15, 0.2) is 0 Å². The van der Waals surface area contributed by atoms with Gasteiger partial charge in [-0.3, -0.25) is 0 Å². The van der Waals surface area contributed by atoms with Crippen LogP contribution in [0.1, 0.15) is 0 Å². The number of nitrogens with one attached hydrogen (secondary N) is 2. The van der Waals surface area contributed by atoms with Gasteiger partial charge >= 0.3 is 0 Å². The van der Waals surface area contributed by atoms with Crippen molar-refractivity contribution in [2.24, 2.45) is 0 Å². The topological polar surface area (TPSA) is 33.3 Å². The van der Waals surface area contributed by atoms with Crippen molar-refractivity contribution in [3.63, 3.8) is 0 Å². The molecule has 2 N–H and O–H groups in total. The number of hydrogen-bond acceptors (Lipinski definition) is 4. The standard InChI is InChI=1S/C9H14N2OS/c1-2-9(13-5-1)11-7-8-6-10-3-4-12-8/h1-2,5,8,10-11H,3-4,6-7H2. The van der Waals surface area contributed by atoms with E-state index in [1.54, 1.807) is 11.3 Å². The lowest BCUT2D eigenvalue weighted by molar-refractivity contribution is 0.0373. The van der Waals surface area contributed by atoms with Crippen molar-refractivity contribution in [2.45, 2.75) is 6.10 Å². The van der Waals surface area contributed by atoms with Gasteiger partial charge in [0, 0.05) is 19.6 Å². The molecule has 0 aromatic carbocycles.